The molecule has 8 nitrogen and oxygen atoms in total. The van der Waals surface area contributed by atoms with Crippen molar-refractivity contribution in [3.8, 4) is 5.75 Å². The Morgan fingerprint density at radius 3 is 2.26 bits per heavy atom. The van der Waals surface area contributed by atoms with Crippen LogP contribution in [0.1, 0.15) is 42.4 Å². The maximum absolute atomic E-state index is 11.1. The molecule has 0 bridgehead atoms. The maximum Gasteiger partial charge on any atom is 0.222 e. The Bertz CT molecular complexity index is 975. The number of benzene rings is 2. The second kappa shape index (κ2) is 10.1. The fourth-order valence-corrected chi connectivity index (χ4v) is 4.97. The molecule has 0 amide bonds. The molecular formula is C25H31ClO8. The predicted molar refractivity (Wildman–Crippen MR) is 123 cm³/mol. The van der Waals surface area contributed by atoms with E-state index in [1.165, 1.54) is 6.07 Å². The molecule has 1 saturated heterocycles. The molecule has 9 heteroatoms. The Balaban J connectivity index is 1.54. The maximum atomic E-state index is 11.1. The van der Waals surface area contributed by atoms with E-state index in [9.17, 15) is 30.6 Å². The van der Waals surface area contributed by atoms with Gasteiger partial charge in [-0.05, 0) is 67.5 Å². The van der Waals surface area contributed by atoms with Crippen molar-refractivity contribution in [1.29, 1.82) is 0 Å². The van der Waals surface area contributed by atoms with Gasteiger partial charge < -0.3 is 40.1 Å². The Kier molecular flexibility index (Phi) is 7.52. The van der Waals surface area contributed by atoms with Crippen molar-refractivity contribution in [3.05, 3.63) is 64.2 Å². The molecule has 5 atom stereocenters. The molecule has 186 valence electrons. The number of halogens is 1. The van der Waals surface area contributed by atoms with Crippen molar-refractivity contribution in [2.45, 2.75) is 67.9 Å². The Labute approximate surface area is 203 Å². The van der Waals surface area contributed by atoms with Crippen LogP contribution < -0.4 is 4.74 Å². The van der Waals surface area contributed by atoms with Gasteiger partial charge in [-0.1, -0.05) is 29.8 Å². The molecule has 0 spiro atoms. The van der Waals surface area contributed by atoms with Crippen molar-refractivity contribution < 1.29 is 40.1 Å². The smallest absolute Gasteiger partial charge is 0.222 e. The zero-order valence-electron chi connectivity index (χ0n) is 18.7. The SMILES string of the molecule is OC[C@H]1O[C@@](O)(c2ccc(Cl)c(Cc3ccc(OC4(CO)CCCC4)cc3)c2)[C@H](O)[C@@H](O)[C@@H]1O. The highest BCUT2D eigenvalue weighted by Gasteiger charge is 2.53. The summed E-state index contributed by atoms with van der Waals surface area (Å²) in [6.45, 7) is -0.670. The van der Waals surface area contributed by atoms with E-state index in [1.807, 2.05) is 24.3 Å². The van der Waals surface area contributed by atoms with E-state index in [0.717, 1.165) is 31.2 Å². The molecule has 1 heterocycles. The number of hydrogen-bond acceptors (Lipinski definition) is 8. The molecule has 1 saturated carbocycles. The molecule has 2 aromatic carbocycles. The zero-order chi connectivity index (χ0) is 24.5. The summed E-state index contributed by atoms with van der Waals surface area (Å²) in [5.74, 6) is -1.67. The van der Waals surface area contributed by atoms with Crippen LogP contribution >= 0.6 is 11.6 Å². The fourth-order valence-electron chi connectivity index (χ4n) is 4.78. The quantitative estimate of drug-likeness (QED) is 0.338. The molecule has 2 fully saturated rings. The van der Waals surface area contributed by atoms with Crippen molar-refractivity contribution in [3.63, 3.8) is 0 Å². The molecule has 4 rings (SSSR count). The van der Waals surface area contributed by atoms with Gasteiger partial charge in [0.25, 0.3) is 0 Å². The first-order chi connectivity index (χ1) is 16.2. The van der Waals surface area contributed by atoms with Gasteiger partial charge in [-0.15, -0.1) is 0 Å². The van der Waals surface area contributed by atoms with Crippen molar-refractivity contribution in [1.82, 2.24) is 0 Å². The lowest BCUT2D eigenvalue weighted by Crippen LogP contribution is -2.63. The van der Waals surface area contributed by atoms with Gasteiger partial charge in [0, 0.05) is 10.6 Å². The first kappa shape index (κ1) is 25.3. The third-order valence-electron chi connectivity index (χ3n) is 6.88. The average molecular weight is 495 g/mol. The van der Waals surface area contributed by atoms with E-state index in [1.54, 1.807) is 12.1 Å². The summed E-state index contributed by atoms with van der Waals surface area (Å²) in [5.41, 5.74) is 1.17. The van der Waals surface area contributed by atoms with Crippen molar-refractivity contribution in [2.24, 2.45) is 0 Å². The lowest BCUT2D eigenvalue weighted by Gasteiger charge is -2.45. The first-order valence-corrected chi connectivity index (χ1v) is 11.8. The van der Waals surface area contributed by atoms with Crippen LogP contribution in [0.3, 0.4) is 0 Å². The van der Waals surface area contributed by atoms with Crippen molar-refractivity contribution >= 4 is 11.6 Å². The number of rotatable bonds is 7. The summed E-state index contributed by atoms with van der Waals surface area (Å²) in [7, 11) is 0. The minimum atomic E-state index is -2.34. The van der Waals surface area contributed by atoms with Gasteiger partial charge in [0.05, 0.1) is 13.2 Å². The summed E-state index contributed by atoms with van der Waals surface area (Å²) in [6, 6.07) is 12.0. The Morgan fingerprint density at radius 2 is 1.65 bits per heavy atom. The van der Waals surface area contributed by atoms with Gasteiger partial charge in [-0.2, -0.15) is 0 Å². The molecule has 0 aromatic heterocycles. The van der Waals surface area contributed by atoms with Crippen LogP contribution in [0.5, 0.6) is 5.75 Å². The van der Waals surface area contributed by atoms with E-state index in [4.69, 9.17) is 21.1 Å². The topological polar surface area (TPSA) is 140 Å². The third-order valence-corrected chi connectivity index (χ3v) is 7.25. The second-order valence-electron chi connectivity index (χ2n) is 9.24. The van der Waals surface area contributed by atoms with Crippen LogP contribution in [-0.2, 0) is 16.9 Å². The molecule has 2 aliphatic rings. The minimum absolute atomic E-state index is 0.0170. The molecule has 34 heavy (non-hydrogen) atoms. The van der Waals surface area contributed by atoms with E-state index >= 15 is 0 Å². The lowest BCUT2D eigenvalue weighted by atomic mass is 9.87. The van der Waals surface area contributed by atoms with Crippen LogP contribution in [-0.4, -0.2) is 73.9 Å². The van der Waals surface area contributed by atoms with E-state index in [0.29, 0.717) is 22.8 Å². The number of aliphatic hydroxyl groups is 6. The van der Waals surface area contributed by atoms with Gasteiger partial charge in [0.1, 0.15) is 35.8 Å². The number of aliphatic hydroxyl groups excluding tert-OH is 5. The average Bonchev–Trinajstić information content (AvgIpc) is 3.31. The number of ether oxygens (including phenoxy) is 2. The molecule has 0 unspecified atom stereocenters. The highest BCUT2D eigenvalue weighted by atomic mass is 35.5. The summed E-state index contributed by atoms with van der Waals surface area (Å²) in [4.78, 5) is 0. The summed E-state index contributed by atoms with van der Waals surface area (Å²) >= 11 is 6.39. The standard InChI is InChI=1S/C25H31ClO8/c26-19-8-5-17(25(32)23(31)22(30)21(29)20(13-27)34-25)12-16(19)11-15-3-6-18(7-4-15)33-24(14-28)9-1-2-10-24/h3-8,12,20-23,27-32H,1-2,9-11,13-14H2/t20-,21-,22+,23-,25+/m1/s1. The molecule has 2 aromatic rings. The van der Waals surface area contributed by atoms with Gasteiger partial charge in [0.2, 0.25) is 5.79 Å². The van der Waals surface area contributed by atoms with Gasteiger partial charge in [-0.3, -0.25) is 0 Å². The predicted octanol–water partition coefficient (Wildman–Crippen LogP) is 1.23. The summed E-state index contributed by atoms with van der Waals surface area (Å²) in [6.07, 6.45) is -2.27. The Morgan fingerprint density at radius 1 is 0.971 bits per heavy atom. The van der Waals surface area contributed by atoms with E-state index in [2.05, 4.69) is 0 Å². The summed E-state index contributed by atoms with van der Waals surface area (Å²) in [5, 5.41) is 61.3. The van der Waals surface area contributed by atoms with Crippen molar-refractivity contribution in [2.75, 3.05) is 13.2 Å². The van der Waals surface area contributed by atoms with Gasteiger partial charge in [-0.25, -0.2) is 0 Å². The highest BCUT2D eigenvalue weighted by Crippen LogP contribution is 2.38. The fraction of sp³-hybridized carbons (Fsp3) is 0.520. The van der Waals surface area contributed by atoms with Crippen LogP contribution in [0.25, 0.3) is 0 Å². The van der Waals surface area contributed by atoms with E-state index in [-0.39, 0.29) is 12.2 Å². The van der Waals surface area contributed by atoms with Gasteiger partial charge >= 0.3 is 0 Å². The highest BCUT2D eigenvalue weighted by molar-refractivity contribution is 6.31. The van der Waals surface area contributed by atoms with Crippen LogP contribution in [0.2, 0.25) is 5.02 Å². The third kappa shape index (κ3) is 4.82. The molecule has 6 N–H and O–H groups in total. The zero-order valence-corrected chi connectivity index (χ0v) is 19.4. The van der Waals surface area contributed by atoms with E-state index < -0.39 is 42.4 Å². The van der Waals surface area contributed by atoms with Crippen LogP contribution in [0.4, 0.5) is 0 Å². The monoisotopic (exact) mass is 494 g/mol. The van der Waals surface area contributed by atoms with Crippen LogP contribution in [0, 0.1) is 0 Å². The first-order valence-electron chi connectivity index (χ1n) is 11.4. The van der Waals surface area contributed by atoms with Gasteiger partial charge in [0.15, 0.2) is 0 Å². The molecule has 0 radical (unpaired) electrons. The second-order valence-corrected chi connectivity index (χ2v) is 9.65. The molecule has 1 aliphatic heterocycles. The molecule has 1 aliphatic carbocycles. The Hall–Kier alpha value is -1.75. The normalized spacial score (nSPS) is 30.9. The van der Waals surface area contributed by atoms with Crippen LogP contribution in [0.15, 0.2) is 42.5 Å². The minimum Gasteiger partial charge on any atom is -0.485 e. The molecular weight excluding hydrogens is 464 g/mol. The largest absolute Gasteiger partial charge is 0.485 e. The number of hydrogen-bond donors (Lipinski definition) is 6. The summed E-state index contributed by atoms with van der Waals surface area (Å²) < 4.78 is 11.5. The lowest BCUT2D eigenvalue weighted by molar-refractivity contribution is -0.357.